The molecule has 2 atom stereocenters. The van der Waals surface area contributed by atoms with E-state index < -0.39 is 0 Å². The lowest BCUT2D eigenvalue weighted by molar-refractivity contribution is -0.135. The summed E-state index contributed by atoms with van der Waals surface area (Å²) in [4.78, 5) is 11.9. The summed E-state index contributed by atoms with van der Waals surface area (Å²) < 4.78 is 0. The van der Waals surface area contributed by atoms with Crippen molar-refractivity contribution >= 4 is 11.7 Å². The van der Waals surface area contributed by atoms with Crippen LogP contribution in [0, 0.1) is 16.7 Å². The minimum atomic E-state index is -0.314. The standard InChI is InChI=1S/C10H16N2O2/c1-9(2)6-4-5-10(9,3)8(13)11-7(6)12-14/h6,14H,4-5H2,1-3H3,(H,11,12,13). The minimum Gasteiger partial charge on any atom is -0.409 e. The number of nitrogens with zero attached hydrogens (tertiary/aromatic N) is 1. The molecule has 2 aliphatic rings. The second-order valence-electron chi connectivity index (χ2n) is 5.08. The summed E-state index contributed by atoms with van der Waals surface area (Å²) >= 11 is 0. The van der Waals surface area contributed by atoms with Crippen LogP contribution in [0.15, 0.2) is 5.16 Å². The van der Waals surface area contributed by atoms with Gasteiger partial charge in [0.15, 0.2) is 5.84 Å². The molecule has 2 unspecified atom stereocenters. The molecule has 1 amide bonds. The van der Waals surface area contributed by atoms with Crippen molar-refractivity contribution in [2.75, 3.05) is 0 Å². The fourth-order valence-corrected chi connectivity index (χ4v) is 2.82. The number of oxime groups is 1. The van der Waals surface area contributed by atoms with E-state index in [1.54, 1.807) is 0 Å². The molecule has 1 aliphatic carbocycles. The van der Waals surface area contributed by atoms with Gasteiger partial charge in [-0.2, -0.15) is 0 Å². The monoisotopic (exact) mass is 196 g/mol. The first-order valence-electron chi connectivity index (χ1n) is 4.97. The van der Waals surface area contributed by atoms with Crippen molar-refractivity contribution in [3.05, 3.63) is 0 Å². The van der Waals surface area contributed by atoms with Crippen molar-refractivity contribution in [2.24, 2.45) is 21.9 Å². The predicted octanol–water partition coefficient (Wildman–Crippen LogP) is 1.35. The highest BCUT2D eigenvalue weighted by Gasteiger charge is 2.61. The highest BCUT2D eigenvalue weighted by atomic mass is 16.4. The summed E-state index contributed by atoms with van der Waals surface area (Å²) in [5, 5.41) is 14.7. The van der Waals surface area contributed by atoms with Crippen molar-refractivity contribution in [1.82, 2.24) is 5.32 Å². The number of piperidine rings is 1. The fourth-order valence-electron chi connectivity index (χ4n) is 2.82. The molecule has 2 N–H and O–H groups in total. The Hall–Kier alpha value is -1.06. The zero-order chi connectivity index (χ0) is 10.6. The molecular formula is C10H16N2O2. The van der Waals surface area contributed by atoms with Gasteiger partial charge in [0, 0.05) is 5.92 Å². The first-order valence-corrected chi connectivity index (χ1v) is 4.97. The summed E-state index contributed by atoms with van der Waals surface area (Å²) in [5.74, 6) is 0.606. The molecule has 4 heteroatoms. The summed E-state index contributed by atoms with van der Waals surface area (Å²) in [6, 6.07) is 0. The molecule has 0 radical (unpaired) electrons. The van der Waals surface area contributed by atoms with Crippen molar-refractivity contribution in [3.63, 3.8) is 0 Å². The van der Waals surface area contributed by atoms with Gasteiger partial charge in [-0.15, -0.1) is 0 Å². The number of fused-ring (bicyclic) bond motifs is 2. The van der Waals surface area contributed by atoms with Crippen LogP contribution in [-0.2, 0) is 4.79 Å². The topological polar surface area (TPSA) is 61.7 Å². The van der Waals surface area contributed by atoms with Crippen molar-refractivity contribution in [3.8, 4) is 0 Å². The smallest absolute Gasteiger partial charge is 0.231 e. The summed E-state index contributed by atoms with van der Waals surface area (Å²) in [6.45, 7) is 6.15. The van der Waals surface area contributed by atoms with Gasteiger partial charge >= 0.3 is 0 Å². The number of amidine groups is 1. The average Bonchev–Trinajstić information content (AvgIpc) is 2.29. The molecule has 78 valence electrons. The average molecular weight is 196 g/mol. The molecule has 2 rings (SSSR count). The lowest BCUT2D eigenvalue weighted by atomic mass is 9.63. The Morgan fingerprint density at radius 1 is 1.50 bits per heavy atom. The van der Waals surface area contributed by atoms with Gasteiger partial charge in [0.05, 0.1) is 5.41 Å². The molecule has 4 nitrogen and oxygen atoms in total. The van der Waals surface area contributed by atoms with Crippen LogP contribution < -0.4 is 5.32 Å². The molecule has 0 aromatic rings. The van der Waals surface area contributed by atoms with E-state index in [1.807, 2.05) is 6.92 Å². The van der Waals surface area contributed by atoms with Crippen LogP contribution in [0.4, 0.5) is 0 Å². The maximum atomic E-state index is 11.9. The van der Waals surface area contributed by atoms with E-state index >= 15 is 0 Å². The Kier molecular flexibility index (Phi) is 1.69. The summed E-state index contributed by atoms with van der Waals surface area (Å²) in [7, 11) is 0. The molecule has 1 aliphatic heterocycles. The number of carbonyl (C=O) groups is 1. The van der Waals surface area contributed by atoms with E-state index in [4.69, 9.17) is 5.21 Å². The lowest BCUT2D eigenvalue weighted by Gasteiger charge is -2.44. The Balaban J connectivity index is 2.51. The summed E-state index contributed by atoms with van der Waals surface area (Å²) in [5.41, 5.74) is -0.428. The third kappa shape index (κ3) is 0.837. The van der Waals surface area contributed by atoms with Gasteiger partial charge in [-0.05, 0) is 18.3 Å². The van der Waals surface area contributed by atoms with Crippen molar-refractivity contribution < 1.29 is 10.0 Å². The van der Waals surface area contributed by atoms with Crippen molar-refractivity contribution in [2.45, 2.75) is 33.6 Å². The molecule has 1 heterocycles. The molecule has 2 fully saturated rings. The van der Waals surface area contributed by atoms with Crippen molar-refractivity contribution in [1.29, 1.82) is 0 Å². The Bertz CT molecular complexity index is 322. The lowest BCUT2D eigenvalue weighted by Crippen LogP contribution is -2.57. The van der Waals surface area contributed by atoms with Crippen LogP contribution in [0.5, 0.6) is 0 Å². The molecule has 2 bridgehead atoms. The van der Waals surface area contributed by atoms with Crippen LogP contribution >= 0.6 is 0 Å². The van der Waals surface area contributed by atoms with Gasteiger partial charge in [-0.1, -0.05) is 25.9 Å². The molecule has 0 aromatic carbocycles. The Morgan fingerprint density at radius 2 is 2.14 bits per heavy atom. The van der Waals surface area contributed by atoms with E-state index in [0.717, 1.165) is 12.8 Å². The third-order valence-electron chi connectivity index (χ3n) is 4.41. The normalized spacial score (nSPS) is 42.6. The number of carbonyl (C=O) groups excluding carboxylic acids is 1. The van der Waals surface area contributed by atoms with Gasteiger partial charge in [-0.3, -0.25) is 4.79 Å². The fraction of sp³-hybridized carbons (Fsp3) is 0.800. The highest BCUT2D eigenvalue weighted by Crippen LogP contribution is 2.58. The summed E-state index contributed by atoms with van der Waals surface area (Å²) in [6.07, 6.45) is 1.79. The first kappa shape index (κ1) is 9.49. The predicted molar refractivity (Wildman–Crippen MR) is 52.0 cm³/mol. The van der Waals surface area contributed by atoms with Crippen LogP contribution in [0.3, 0.4) is 0 Å². The SMILES string of the molecule is CC12CCC(/C(=N/O)NC1=O)C2(C)C. The molecule has 0 spiro atoms. The maximum absolute atomic E-state index is 11.9. The zero-order valence-corrected chi connectivity index (χ0v) is 8.79. The second-order valence-corrected chi connectivity index (χ2v) is 5.08. The van der Waals surface area contributed by atoms with E-state index in [-0.39, 0.29) is 22.7 Å². The quantitative estimate of drug-likeness (QED) is 0.453. The largest absolute Gasteiger partial charge is 0.409 e. The number of nitrogens with one attached hydrogen (secondary N) is 1. The van der Waals surface area contributed by atoms with E-state index in [0.29, 0.717) is 5.84 Å². The van der Waals surface area contributed by atoms with Crippen LogP contribution in [0.25, 0.3) is 0 Å². The van der Waals surface area contributed by atoms with Crippen LogP contribution in [0.2, 0.25) is 0 Å². The van der Waals surface area contributed by atoms with E-state index in [2.05, 4.69) is 24.3 Å². The number of amides is 1. The molecule has 14 heavy (non-hydrogen) atoms. The van der Waals surface area contributed by atoms with Gasteiger partial charge in [0.2, 0.25) is 5.91 Å². The van der Waals surface area contributed by atoms with E-state index in [1.165, 1.54) is 0 Å². The highest BCUT2D eigenvalue weighted by molar-refractivity contribution is 6.05. The molecular weight excluding hydrogens is 180 g/mol. The van der Waals surface area contributed by atoms with Gasteiger partial charge in [0.1, 0.15) is 0 Å². The Morgan fingerprint density at radius 3 is 2.71 bits per heavy atom. The van der Waals surface area contributed by atoms with Crippen LogP contribution in [-0.4, -0.2) is 17.0 Å². The van der Waals surface area contributed by atoms with Gasteiger partial charge in [-0.25, -0.2) is 0 Å². The zero-order valence-electron chi connectivity index (χ0n) is 8.79. The Labute approximate surface area is 83.4 Å². The maximum Gasteiger partial charge on any atom is 0.231 e. The van der Waals surface area contributed by atoms with Gasteiger partial charge < -0.3 is 10.5 Å². The third-order valence-corrected chi connectivity index (χ3v) is 4.41. The number of hydrogen-bond donors (Lipinski definition) is 2. The first-order chi connectivity index (χ1) is 6.43. The molecule has 1 saturated carbocycles. The van der Waals surface area contributed by atoms with E-state index in [9.17, 15) is 4.79 Å². The molecule has 1 saturated heterocycles. The minimum absolute atomic E-state index is 0.0101. The number of rotatable bonds is 0. The van der Waals surface area contributed by atoms with Crippen LogP contribution in [0.1, 0.15) is 33.6 Å². The number of hydrogen-bond acceptors (Lipinski definition) is 3. The molecule has 0 aromatic heterocycles. The van der Waals surface area contributed by atoms with Gasteiger partial charge in [0.25, 0.3) is 0 Å². The second kappa shape index (κ2) is 2.49.